The highest BCUT2D eigenvalue weighted by Crippen LogP contribution is 2.41. The molecule has 0 spiro atoms. The van der Waals surface area contributed by atoms with Crippen LogP contribution in [0.4, 0.5) is 14.5 Å². The number of nitrogens with one attached hydrogen (secondary N) is 1. The summed E-state index contributed by atoms with van der Waals surface area (Å²) in [5.74, 6) is -2.07. The smallest absolute Gasteiger partial charge is 0.237 e. The van der Waals surface area contributed by atoms with Crippen molar-refractivity contribution in [2.45, 2.75) is 36.5 Å². The minimum absolute atomic E-state index is 0.422. The summed E-state index contributed by atoms with van der Waals surface area (Å²) in [6.07, 6.45) is 4.68. The largest absolute Gasteiger partial charge is 0.320 e. The molecule has 1 atom stereocenters. The van der Waals surface area contributed by atoms with Crippen LogP contribution in [0.1, 0.15) is 23.8 Å². The zero-order valence-electron chi connectivity index (χ0n) is 13.9. The zero-order chi connectivity index (χ0) is 18.3. The Bertz CT molecular complexity index is 985. The first-order valence-electron chi connectivity index (χ1n) is 8.21. The summed E-state index contributed by atoms with van der Waals surface area (Å²) in [4.78, 5) is 23.4. The van der Waals surface area contributed by atoms with Gasteiger partial charge < -0.3 is 5.32 Å². The summed E-state index contributed by atoms with van der Waals surface area (Å²) in [7, 11) is 0. The van der Waals surface area contributed by atoms with Gasteiger partial charge in [-0.3, -0.25) is 4.79 Å². The number of hydrogen-bond acceptors (Lipinski definition) is 5. The van der Waals surface area contributed by atoms with Crippen molar-refractivity contribution in [3.05, 3.63) is 46.6 Å². The molecule has 3 aromatic rings. The van der Waals surface area contributed by atoms with Crippen molar-refractivity contribution < 1.29 is 13.6 Å². The number of anilines is 1. The fraction of sp³-hybridized carbons (Fsp3) is 0.278. The number of halogens is 2. The van der Waals surface area contributed by atoms with Crippen LogP contribution in [-0.2, 0) is 17.6 Å². The van der Waals surface area contributed by atoms with Gasteiger partial charge in [-0.05, 0) is 43.9 Å². The van der Waals surface area contributed by atoms with Gasteiger partial charge in [-0.25, -0.2) is 18.7 Å². The SMILES string of the molecule is CC(Sc1ncnc2sc3c(c12)CCC3)C(=O)Nc1c(F)cccc1F. The van der Waals surface area contributed by atoms with E-state index in [-0.39, 0.29) is 0 Å². The molecule has 1 aromatic carbocycles. The van der Waals surface area contributed by atoms with Crippen LogP contribution in [-0.4, -0.2) is 21.1 Å². The molecule has 0 radical (unpaired) electrons. The molecular formula is C18H15F2N3OS2. The summed E-state index contributed by atoms with van der Waals surface area (Å²) in [6, 6.07) is 3.48. The predicted molar refractivity (Wildman–Crippen MR) is 99.7 cm³/mol. The lowest BCUT2D eigenvalue weighted by Crippen LogP contribution is -2.23. The number of rotatable bonds is 4. The molecule has 2 aromatic heterocycles. The topological polar surface area (TPSA) is 54.9 Å². The van der Waals surface area contributed by atoms with Gasteiger partial charge >= 0.3 is 0 Å². The maximum Gasteiger partial charge on any atom is 0.237 e. The Morgan fingerprint density at radius 3 is 2.81 bits per heavy atom. The highest BCUT2D eigenvalue weighted by molar-refractivity contribution is 8.00. The highest BCUT2D eigenvalue weighted by atomic mass is 32.2. The molecule has 0 bridgehead atoms. The molecule has 4 rings (SSSR count). The molecular weight excluding hydrogens is 376 g/mol. The van der Waals surface area contributed by atoms with Gasteiger partial charge in [-0.1, -0.05) is 17.8 Å². The van der Waals surface area contributed by atoms with E-state index < -0.39 is 28.5 Å². The Hall–Kier alpha value is -2.06. The number of fused-ring (bicyclic) bond motifs is 3. The third-order valence-electron chi connectivity index (χ3n) is 4.34. The highest BCUT2D eigenvalue weighted by Gasteiger charge is 2.24. The lowest BCUT2D eigenvalue weighted by molar-refractivity contribution is -0.115. The van der Waals surface area contributed by atoms with Crippen molar-refractivity contribution in [2.75, 3.05) is 5.32 Å². The number of carbonyl (C=O) groups excluding carboxylic acids is 1. The van der Waals surface area contributed by atoms with E-state index in [9.17, 15) is 13.6 Å². The molecule has 0 saturated carbocycles. The molecule has 1 aliphatic carbocycles. The van der Waals surface area contributed by atoms with Crippen LogP contribution in [0.25, 0.3) is 10.2 Å². The molecule has 1 unspecified atom stereocenters. The first-order chi connectivity index (χ1) is 12.5. The van der Waals surface area contributed by atoms with E-state index in [1.807, 2.05) is 0 Å². The molecule has 8 heteroatoms. The predicted octanol–water partition coefficient (Wildman–Crippen LogP) is 4.58. The summed E-state index contributed by atoms with van der Waals surface area (Å²) in [5.41, 5.74) is 0.857. The Labute approximate surface area is 157 Å². The van der Waals surface area contributed by atoms with Crippen LogP contribution in [0.15, 0.2) is 29.6 Å². The number of amides is 1. The Morgan fingerprint density at radius 1 is 1.27 bits per heavy atom. The van der Waals surface area contributed by atoms with Crippen molar-refractivity contribution >= 4 is 44.9 Å². The van der Waals surface area contributed by atoms with Gasteiger partial charge in [-0.15, -0.1) is 11.3 Å². The molecule has 2 heterocycles. The van der Waals surface area contributed by atoms with Gasteiger partial charge in [0.1, 0.15) is 33.5 Å². The third kappa shape index (κ3) is 3.07. The lowest BCUT2D eigenvalue weighted by atomic mass is 10.2. The van der Waals surface area contributed by atoms with Gasteiger partial charge in [-0.2, -0.15) is 0 Å². The van der Waals surface area contributed by atoms with Gasteiger partial charge in [0, 0.05) is 10.3 Å². The first-order valence-corrected chi connectivity index (χ1v) is 9.91. The van der Waals surface area contributed by atoms with Crippen molar-refractivity contribution in [3.63, 3.8) is 0 Å². The van der Waals surface area contributed by atoms with Crippen LogP contribution in [0.5, 0.6) is 0 Å². The molecule has 0 aliphatic heterocycles. The van der Waals surface area contributed by atoms with E-state index in [1.165, 1.54) is 34.6 Å². The standard InChI is InChI=1S/C18H15F2N3OS2/c1-9(16(24)23-15-11(19)5-3-6-12(15)20)25-17-14-10-4-2-7-13(10)26-18(14)22-8-21-17/h3,5-6,8-9H,2,4,7H2,1H3,(H,23,24). The maximum atomic E-state index is 13.7. The number of aryl methyl sites for hydroxylation is 2. The molecule has 0 saturated heterocycles. The number of benzene rings is 1. The van der Waals surface area contributed by atoms with Crippen LogP contribution in [0.2, 0.25) is 0 Å². The van der Waals surface area contributed by atoms with Crippen LogP contribution in [0.3, 0.4) is 0 Å². The number of para-hydroxylation sites is 1. The fourth-order valence-corrected chi connectivity index (χ4v) is 5.29. The van der Waals surface area contributed by atoms with E-state index in [4.69, 9.17) is 0 Å². The first kappa shape index (κ1) is 17.4. The fourth-order valence-electron chi connectivity index (χ4n) is 3.05. The van der Waals surface area contributed by atoms with Crippen molar-refractivity contribution in [1.29, 1.82) is 0 Å². The number of carbonyl (C=O) groups is 1. The molecule has 1 N–H and O–H groups in total. The molecule has 134 valence electrons. The van der Waals surface area contributed by atoms with E-state index in [2.05, 4.69) is 15.3 Å². The normalized spacial score (nSPS) is 14.4. The Kier molecular flexibility index (Phi) is 4.62. The average molecular weight is 391 g/mol. The van der Waals surface area contributed by atoms with Crippen molar-refractivity contribution in [2.24, 2.45) is 0 Å². The van der Waals surface area contributed by atoms with Crippen molar-refractivity contribution in [1.82, 2.24) is 9.97 Å². The minimum atomic E-state index is -0.796. The minimum Gasteiger partial charge on any atom is -0.320 e. The second kappa shape index (κ2) is 6.92. The molecule has 0 fully saturated rings. The monoisotopic (exact) mass is 391 g/mol. The lowest BCUT2D eigenvalue weighted by Gasteiger charge is -2.13. The van der Waals surface area contributed by atoms with E-state index in [0.29, 0.717) is 0 Å². The zero-order valence-corrected chi connectivity index (χ0v) is 15.5. The summed E-state index contributed by atoms with van der Waals surface area (Å²) < 4.78 is 27.5. The van der Waals surface area contributed by atoms with Gasteiger partial charge in [0.15, 0.2) is 0 Å². The Morgan fingerprint density at radius 2 is 2.04 bits per heavy atom. The van der Waals surface area contributed by atoms with Crippen LogP contribution in [0, 0.1) is 11.6 Å². The van der Waals surface area contributed by atoms with Gasteiger partial charge in [0.2, 0.25) is 5.91 Å². The summed E-state index contributed by atoms with van der Waals surface area (Å²) in [5, 5.41) is 3.54. The number of thioether (sulfide) groups is 1. The second-order valence-corrected chi connectivity index (χ2v) is 8.48. The molecule has 4 nitrogen and oxygen atoms in total. The number of thiophene rings is 1. The second-order valence-electron chi connectivity index (χ2n) is 6.06. The molecule has 1 amide bonds. The summed E-state index contributed by atoms with van der Waals surface area (Å²) >= 11 is 2.96. The summed E-state index contributed by atoms with van der Waals surface area (Å²) in [6.45, 7) is 1.69. The van der Waals surface area contributed by atoms with Crippen LogP contribution >= 0.6 is 23.1 Å². The quantitative estimate of drug-likeness (QED) is 0.523. The van der Waals surface area contributed by atoms with E-state index in [1.54, 1.807) is 18.3 Å². The maximum absolute atomic E-state index is 13.7. The Balaban J connectivity index is 1.58. The number of hydrogen-bond donors (Lipinski definition) is 1. The number of aromatic nitrogens is 2. The van der Waals surface area contributed by atoms with Gasteiger partial charge in [0.25, 0.3) is 0 Å². The third-order valence-corrected chi connectivity index (χ3v) is 6.64. The molecule has 26 heavy (non-hydrogen) atoms. The van der Waals surface area contributed by atoms with Gasteiger partial charge in [0.05, 0.1) is 5.25 Å². The average Bonchev–Trinajstić information content (AvgIpc) is 3.19. The van der Waals surface area contributed by atoms with E-state index in [0.717, 1.165) is 46.6 Å². The van der Waals surface area contributed by atoms with E-state index >= 15 is 0 Å². The molecule has 1 aliphatic rings. The van der Waals surface area contributed by atoms with Crippen LogP contribution < -0.4 is 5.32 Å². The van der Waals surface area contributed by atoms with Crippen molar-refractivity contribution in [3.8, 4) is 0 Å². The number of nitrogens with zero attached hydrogens (tertiary/aromatic N) is 2.